The maximum Gasteiger partial charge on any atom is 0.152 e. The summed E-state index contributed by atoms with van der Waals surface area (Å²) in [5.41, 5.74) is 11.2. The first-order valence-corrected chi connectivity index (χ1v) is 23.8. The van der Waals surface area contributed by atoms with Crippen molar-refractivity contribution in [2.24, 2.45) is 0 Å². The van der Waals surface area contributed by atoms with E-state index in [-0.39, 0.29) is 0 Å². The lowest BCUT2D eigenvalue weighted by molar-refractivity contribution is -0.118. The molecule has 2 aromatic heterocycles. The van der Waals surface area contributed by atoms with E-state index in [0.717, 1.165) is 120 Å². The number of aliphatic hydroxyl groups excluding tert-OH is 1. The molecule has 0 aliphatic carbocycles. The number of hydroxylamine groups is 4. The minimum atomic E-state index is 0.575. The topological polar surface area (TPSA) is 124 Å². The van der Waals surface area contributed by atoms with Crippen LogP contribution in [0, 0.1) is 0 Å². The minimum absolute atomic E-state index is 0.575. The Morgan fingerprint density at radius 1 is 0.561 bits per heavy atom. The molecule has 0 spiro atoms. The van der Waals surface area contributed by atoms with Crippen molar-refractivity contribution in [2.45, 2.75) is 71.8 Å². The second kappa shape index (κ2) is 23.1. The van der Waals surface area contributed by atoms with E-state index in [1.165, 1.54) is 54.5 Å². The maximum absolute atomic E-state index is 9.74. The molecule has 4 aliphatic heterocycles. The third kappa shape index (κ3) is 11.5. The lowest BCUT2D eigenvalue weighted by Gasteiger charge is -2.33. The number of hydrogen-bond acceptors (Lipinski definition) is 13. The Bertz CT molecular complexity index is 2480. The fraction of sp³-hybridized carbons (Fsp3) is 0.434. The summed E-state index contributed by atoms with van der Waals surface area (Å²) in [7, 11) is 1.00. The molecule has 4 aliphatic rings. The van der Waals surface area contributed by atoms with Crippen molar-refractivity contribution >= 4 is 21.8 Å². The van der Waals surface area contributed by atoms with E-state index in [2.05, 4.69) is 111 Å². The molecule has 2 saturated heterocycles. The first kappa shape index (κ1) is 47.4. The fourth-order valence-corrected chi connectivity index (χ4v) is 9.94. The molecule has 0 saturated carbocycles. The second-order valence-electron chi connectivity index (χ2n) is 17.8. The van der Waals surface area contributed by atoms with E-state index in [9.17, 15) is 10.4 Å². The predicted octanol–water partition coefficient (Wildman–Crippen LogP) is 7.74. The summed E-state index contributed by atoms with van der Waals surface area (Å²) >= 11 is 0. The van der Waals surface area contributed by atoms with Crippen LogP contribution in [0.3, 0.4) is 0 Å². The predicted molar refractivity (Wildman–Crippen MR) is 259 cm³/mol. The van der Waals surface area contributed by atoms with Crippen LogP contribution < -0.4 is 9.47 Å². The third-order valence-corrected chi connectivity index (χ3v) is 13.5. The summed E-state index contributed by atoms with van der Waals surface area (Å²) in [6.07, 6.45) is 7.09. The maximum atomic E-state index is 9.74. The molecule has 1 unspecified atom stereocenters. The number of benzene rings is 4. The van der Waals surface area contributed by atoms with Crippen LogP contribution in [0.4, 0.5) is 0 Å². The van der Waals surface area contributed by atoms with E-state index in [1.807, 2.05) is 30.6 Å². The van der Waals surface area contributed by atoms with Crippen molar-refractivity contribution in [3.05, 3.63) is 142 Å². The molecule has 13 heteroatoms. The van der Waals surface area contributed by atoms with Crippen LogP contribution in [0.5, 0.6) is 11.5 Å². The highest BCUT2D eigenvalue weighted by molar-refractivity contribution is 5.90. The van der Waals surface area contributed by atoms with Gasteiger partial charge in [0.2, 0.25) is 0 Å². The summed E-state index contributed by atoms with van der Waals surface area (Å²) in [5.74, 6) is 2.45. The molecule has 0 amide bonds. The van der Waals surface area contributed by atoms with Crippen molar-refractivity contribution in [3.8, 4) is 11.5 Å². The molecule has 3 N–H and O–H groups in total. The smallest absolute Gasteiger partial charge is 0.152 e. The largest absolute Gasteiger partial charge is 0.475 e. The highest BCUT2D eigenvalue weighted by Crippen LogP contribution is 2.38. The Balaban J connectivity index is 0.000000176. The molecule has 0 radical (unpaired) electrons. The second-order valence-corrected chi connectivity index (χ2v) is 17.8. The van der Waals surface area contributed by atoms with Gasteiger partial charge in [-0.1, -0.05) is 80.6 Å². The Morgan fingerprint density at radius 2 is 1.08 bits per heavy atom. The highest BCUT2D eigenvalue weighted by atomic mass is 16.5. The quantitative estimate of drug-likeness (QED) is 0.111. The van der Waals surface area contributed by atoms with Crippen molar-refractivity contribution in [1.29, 1.82) is 0 Å². The molecule has 2 fully saturated rings. The van der Waals surface area contributed by atoms with Crippen LogP contribution in [-0.2, 0) is 39.1 Å². The van der Waals surface area contributed by atoms with Gasteiger partial charge in [-0.2, -0.15) is 10.1 Å². The van der Waals surface area contributed by atoms with Crippen LogP contribution >= 0.6 is 0 Å². The van der Waals surface area contributed by atoms with Crippen LogP contribution in [0.2, 0.25) is 0 Å². The Morgan fingerprint density at radius 3 is 1.62 bits per heavy atom. The van der Waals surface area contributed by atoms with Gasteiger partial charge in [0.1, 0.15) is 24.5 Å². The molecule has 6 heterocycles. The summed E-state index contributed by atoms with van der Waals surface area (Å²) in [4.78, 5) is 18.9. The van der Waals surface area contributed by atoms with Gasteiger partial charge in [-0.25, -0.2) is 0 Å². The van der Waals surface area contributed by atoms with Gasteiger partial charge in [-0.3, -0.25) is 29.6 Å². The summed E-state index contributed by atoms with van der Waals surface area (Å²) in [6, 6.07) is 32.4. The number of ether oxygens (including phenoxy) is 2. The van der Waals surface area contributed by atoms with E-state index in [1.54, 1.807) is 0 Å². The molecule has 0 bridgehead atoms. The van der Waals surface area contributed by atoms with Gasteiger partial charge in [0.15, 0.2) is 11.5 Å². The molecular weight excluding hydrogens is 829 g/mol. The Labute approximate surface area is 390 Å². The highest BCUT2D eigenvalue weighted by Gasteiger charge is 2.26. The third-order valence-electron chi connectivity index (χ3n) is 13.5. The Hall–Kier alpha value is -5.06. The first-order chi connectivity index (χ1) is 32.4. The number of aryl methyl sites for hydroxylation is 1. The molecule has 1 atom stereocenters. The van der Waals surface area contributed by atoms with Gasteiger partial charge in [-0.15, -0.1) is 0 Å². The SMILES string of the molecule is CCc1ccccc1C(CC)CCN1COc2c(cc(CN3CCN(O)CC3)c3cccnc23)C1.CO.ON1CCN(Cc2cc3c(c4ncccc24)OCN(Cc2ccccc2)C3)CC1. The van der Waals surface area contributed by atoms with Gasteiger partial charge in [-0.05, 0) is 77.3 Å². The van der Waals surface area contributed by atoms with Crippen LogP contribution in [0.25, 0.3) is 21.8 Å². The number of nitrogens with zero attached hydrogens (tertiary/aromatic N) is 8. The number of aromatic nitrogens is 2. The molecular formula is C53H68N8O5. The van der Waals surface area contributed by atoms with E-state index in [4.69, 9.17) is 19.6 Å². The van der Waals surface area contributed by atoms with E-state index >= 15 is 0 Å². The summed E-state index contributed by atoms with van der Waals surface area (Å²) < 4.78 is 12.5. The lowest BCUT2D eigenvalue weighted by atomic mass is 9.88. The normalized spacial score (nSPS) is 18.0. The van der Waals surface area contributed by atoms with Gasteiger partial charge in [0, 0.05) is 133 Å². The molecule has 13 nitrogen and oxygen atoms in total. The van der Waals surface area contributed by atoms with Gasteiger partial charge in [0.05, 0.1) is 0 Å². The van der Waals surface area contributed by atoms with Gasteiger partial charge in [0.25, 0.3) is 0 Å². The van der Waals surface area contributed by atoms with Crippen LogP contribution in [0.1, 0.15) is 71.6 Å². The zero-order valence-corrected chi connectivity index (χ0v) is 39.1. The first-order valence-electron chi connectivity index (χ1n) is 23.8. The standard InChI is InChI=1S/C29H38N4O2.C23H26N4O2.CH4O/c1-3-22-8-5-6-9-26(22)23(4-2)11-13-32-20-25-18-24(19-31-14-16-33(34)17-15-31)27-10-7-12-30-28(27)29(25)35-21-32;28-27-11-9-25(10-12-27)15-19-13-20-16-26(14-18-5-2-1-3-6-18)17-29-23(20)22-21(19)7-4-8-24-22;1-2/h5-10,12,18,23,34H,3-4,11,13-17,19-21H2,1-2H3;1-8,13,28H,9-12,14-17H2;2H,1H3. The van der Waals surface area contributed by atoms with E-state index in [0.29, 0.717) is 45.6 Å². The molecule has 10 rings (SSSR count). The number of pyridine rings is 2. The average molecular weight is 897 g/mol. The minimum Gasteiger partial charge on any atom is -0.475 e. The summed E-state index contributed by atoms with van der Waals surface area (Å²) in [6.45, 7) is 17.4. The fourth-order valence-electron chi connectivity index (χ4n) is 9.94. The van der Waals surface area contributed by atoms with Crippen molar-refractivity contribution in [2.75, 3.05) is 79.5 Å². The van der Waals surface area contributed by atoms with Gasteiger partial charge < -0.3 is 25.0 Å². The zero-order valence-electron chi connectivity index (χ0n) is 39.1. The number of piperazine rings is 2. The number of aliphatic hydroxyl groups is 1. The van der Waals surface area contributed by atoms with Crippen molar-refractivity contribution in [3.63, 3.8) is 0 Å². The number of fused-ring (bicyclic) bond motifs is 6. The molecule has 66 heavy (non-hydrogen) atoms. The lowest BCUT2D eigenvalue weighted by Crippen LogP contribution is -2.44. The molecule has 4 aromatic carbocycles. The zero-order chi connectivity index (χ0) is 45.8. The number of hydrogen-bond donors (Lipinski definition) is 3. The average Bonchev–Trinajstić information content (AvgIpc) is 3.37. The van der Waals surface area contributed by atoms with Crippen molar-refractivity contribution < 1.29 is 25.0 Å². The van der Waals surface area contributed by atoms with Crippen LogP contribution in [-0.4, -0.2) is 135 Å². The van der Waals surface area contributed by atoms with E-state index < -0.39 is 0 Å². The van der Waals surface area contributed by atoms with Gasteiger partial charge >= 0.3 is 0 Å². The Kier molecular flexibility index (Phi) is 16.6. The molecule has 350 valence electrons. The monoisotopic (exact) mass is 897 g/mol. The van der Waals surface area contributed by atoms with Crippen LogP contribution in [0.15, 0.2) is 103 Å². The summed E-state index contributed by atoms with van der Waals surface area (Å²) in [5, 5.41) is 31.5. The molecule has 6 aromatic rings. The number of rotatable bonds is 12. The van der Waals surface area contributed by atoms with Crippen molar-refractivity contribution in [1.82, 2.24) is 39.7 Å².